The number of ether oxygens (including phenoxy) is 1. The first-order chi connectivity index (χ1) is 9.63. The molecule has 20 heavy (non-hydrogen) atoms. The molecule has 4 nitrogen and oxygen atoms in total. The lowest BCUT2D eigenvalue weighted by molar-refractivity contribution is 0.296. The summed E-state index contributed by atoms with van der Waals surface area (Å²) in [5, 5.41) is 2.93. The first-order valence-electron chi connectivity index (χ1n) is 5.68. The minimum atomic E-state index is -0.156. The van der Waals surface area contributed by atoms with Crippen LogP contribution in [0.3, 0.4) is 0 Å². The fourth-order valence-electron chi connectivity index (χ4n) is 1.72. The maximum Gasteiger partial charge on any atom is 0.259 e. The largest absolute Gasteiger partial charge is 0.484 e. The Balaban J connectivity index is 1.84. The highest BCUT2D eigenvalue weighted by atomic mass is 79.9. The Labute approximate surface area is 131 Å². The van der Waals surface area contributed by atoms with Gasteiger partial charge in [0.15, 0.2) is 0 Å². The molecule has 102 valence electrons. The molecule has 0 fully saturated rings. The van der Waals surface area contributed by atoms with Gasteiger partial charge in [-0.3, -0.25) is 4.79 Å². The first kappa shape index (κ1) is 13.6. The van der Waals surface area contributed by atoms with Crippen LogP contribution < -0.4 is 10.3 Å². The van der Waals surface area contributed by atoms with E-state index in [0.717, 1.165) is 4.47 Å². The van der Waals surface area contributed by atoms with Crippen LogP contribution in [0.25, 0.3) is 10.2 Å². The Hall–Kier alpha value is -1.37. The van der Waals surface area contributed by atoms with Crippen molar-refractivity contribution in [1.29, 1.82) is 0 Å². The molecule has 0 spiro atoms. The van der Waals surface area contributed by atoms with Gasteiger partial charge in [-0.15, -0.1) is 11.3 Å². The van der Waals surface area contributed by atoms with E-state index in [2.05, 4.69) is 25.9 Å². The van der Waals surface area contributed by atoms with Gasteiger partial charge in [0, 0.05) is 4.47 Å². The highest BCUT2D eigenvalue weighted by Gasteiger charge is 2.07. The fourth-order valence-corrected chi connectivity index (χ4v) is 3.23. The number of hydrogen-bond donors (Lipinski definition) is 1. The summed E-state index contributed by atoms with van der Waals surface area (Å²) >= 11 is 10.8. The Bertz CT molecular complexity index is 831. The van der Waals surface area contributed by atoms with Gasteiger partial charge in [0.25, 0.3) is 5.56 Å². The van der Waals surface area contributed by atoms with E-state index < -0.39 is 0 Å². The lowest BCUT2D eigenvalue weighted by Crippen LogP contribution is -2.12. The minimum absolute atomic E-state index is 0.156. The molecule has 0 atom stereocenters. The van der Waals surface area contributed by atoms with Gasteiger partial charge in [0.1, 0.15) is 23.0 Å². The summed E-state index contributed by atoms with van der Waals surface area (Å²) in [7, 11) is 0. The first-order valence-corrected chi connectivity index (χ1v) is 7.73. The van der Waals surface area contributed by atoms with Crippen LogP contribution in [-0.2, 0) is 6.61 Å². The van der Waals surface area contributed by atoms with Crippen LogP contribution in [0.2, 0.25) is 5.02 Å². The predicted molar refractivity (Wildman–Crippen MR) is 83.7 cm³/mol. The second-order valence-electron chi connectivity index (χ2n) is 4.02. The van der Waals surface area contributed by atoms with E-state index in [4.69, 9.17) is 16.3 Å². The van der Waals surface area contributed by atoms with Crippen LogP contribution >= 0.6 is 38.9 Å². The van der Waals surface area contributed by atoms with Crippen molar-refractivity contribution >= 4 is 49.1 Å². The Morgan fingerprint density at radius 2 is 2.25 bits per heavy atom. The second kappa shape index (κ2) is 5.55. The molecule has 1 aromatic carbocycles. The lowest BCUT2D eigenvalue weighted by atomic mass is 10.3. The number of H-pyrrole nitrogens is 1. The molecule has 0 unspecified atom stereocenters. The number of nitrogens with one attached hydrogen (secondary N) is 1. The molecule has 2 aromatic heterocycles. The number of aromatic amines is 1. The van der Waals surface area contributed by atoms with Gasteiger partial charge in [-0.25, -0.2) is 4.98 Å². The normalized spacial score (nSPS) is 10.9. The zero-order chi connectivity index (χ0) is 14.1. The predicted octanol–water partition coefficient (Wildman–Crippen LogP) is 3.98. The van der Waals surface area contributed by atoms with Crippen LogP contribution in [0, 0.1) is 0 Å². The van der Waals surface area contributed by atoms with Crippen LogP contribution in [0.1, 0.15) is 5.82 Å². The van der Waals surface area contributed by atoms with Gasteiger partial charge in [-0.05, 0) is 29.6 Å². The van der Waals surface area contributed by atoms with E-state index in [-0.39, 0.29) is 12.2 Å². The monoisotopic (exact) mass is 370 g/mol. The van der Waals surface area contributed by atoms with Crippen molar-refractivity contribution < 1.29 is 4.74 Å². The van der Waals surface area contributed by atoms with E-state index in [1.807, 2.05) is 11.4 Å². The van der Waals surface area contributed by atoms with Crippen molar-refractivity contribution in [3.05, 3.63) is 55.3 Å². The molecule has 0 aliphatic heterocycles. The van der Waals surface area contributed by atoms with E-state index in [0.29, 0.717) is 26.8 Å². The van der Waals surface area contributed by atoms with E-state index in [9.17, 15) is 4.79 Å². The molecule has 0 bridgehead atoms. The van der Waals surface area contributed by atoms with Crippen molar-refractivity contribution in [3.8, 4) is 5.75 Å². The number of aromatic nitrogens is 2. The molecule has 0 aliphatic rings. The molecule has 0 amide bonds. The molecule has 0 saturated heterocycles. The number of halogens is 2. The Kier molecular flexibility index (Phi) is 3.78. The van der Waals surface area contributed by atoms with Gasteiger partial charge < -0.3 is 9.72 Å². The maximum absolute atomic E-state index is 11.8. The number of thiophene rings is 1. The smallest absolute Gasteiger partial charge is 0.259 e. The van der Waals surface area contributed by atoms with Crippen molar-refractivity contribution in [2.45, 2.75) is 6.61 Å². The van der Waals surface area contributed by atoms with Gasteiger partial charge in [0.05, 0.1) is 10.4 Å². The minimum Gasteiger partial charge on any atom is -0.484 e. The SMILES string of the molecule is O=c1[nH]c(COc2ccc(Br)cc2Cl)nc2sccc12. The number of rotatable bonds is 3. The molecular formula is C13H8BrClN2O2S. The van der Waals surface area contributed by atoms with Gasteiger partial charge in [0.2, 0.25) is 0 Å². The summed E-state index contributed by atoms with van der Waals surface area (Å²) < 4.78 is 6.45. The zero-order valence-electron chi connectivity index (χ0n) is 10.0. The van der Waals surface area contributed by atoms with Crippen LogP contribution in [0.5, 0.6) is 5.75 Å². The summed E-state index contributed by atoms with van der Waals surface area (Å²) in [4.78, 5) is 19.6. The lowest BCUT2D eigenvalue weighted by Gasteiger charge is -2.07. The summed E-state index contributed by atoms with van der Waals surface area (Å²) in [6, 6.07) is 7.09. The molecule has 2 heterocycles. The van der Waals surface area contributed by atoms with Crippen molar-refractivity contribution in [2.24, 2.45) is 0 Å². The second-order valence-corrected chi connectivity index (χ2v) is 6.23. The quantitative estimate of drug-likeness (QED) is 0.757. The third-order valence-corrected chi connectivity index (χ3v) is 4.24. The molecule has 0 saturated carbocycles. The molecule has 3 aromatic rings. The fraction of sp³-hybridized carbons (Fsp3) is 0.0769. The highest BCUT2D eigenvalue weighted by molar-refractivity contribution is 9.10. The van der Waals surface area contributed by atoms with Crippen LogP contribution in [0.15, 0.2) is 38.9 Å². The maximum atomic E-state index is 11.8. The molecule has 7 heteroatoms. The topological polar surface area (TPSA) is 55.0 Å². The molecular weight excluding hydrogens is 364 g/mol. The number of hydrogen-bond acceptors (Lipinski definition) is 4. The summed E-state index contributed by atoms with van der Waals surface area (Å²) in [6.45, 7) is 0.157. The number of fused-ring (bicyclic) bond motifs is 1. The molecule has 1 N–H and O–H groups in total. The van der Waals surface area contributed by atoms with E-state index in [1.165, 1.54) is 11.3 Å². The molecule has 3 rings (SSSR count). The van der Waals surface area contributed by atoms with E-state index in [1.54, 1.807) is 18.2 Å². The van der Waals surface area contributed by atoms with Crippen LogP contribution in [0.4, 0.5) is 0 Å². The Morgan fingerprint density at radius 1 is 1.40 bits per heavy atom. The summed E-state index contributed by atoms with van der Waals surface area (Å²) in [5.41, 5.74) is -0.156. The van der Waals surface area contributed by atoms with Gasteiger partial charge in [-0.2, -0.15) is 0 Å². The summed E-state index contributed by atoms with van der Waals surface area (Å²) in [6.07, 6.45) is 0. The number of benzene rings is 1. The summed E-state index contributed by atoms with van der Waals surface area (Å²) in [5.74, 6) is 1.02. The standard InChI is InChI=1S/C13H8BrClN2O2S/c14-7-1-2-10(9(15)5-7)19-6-11-16-12(18)8-3-4-20-13(8)17-11/h1-5H,6H2,(H,16,17,18). The molecule has 0 aliphatic carbocycles. The van der Waals surface area contributed by atoms with Gasteiger partial charge in [-0.1, -0.05) is 27.5 Å². The third-order valence-electron chi connectivity index (χ3n) is 2.64. The van der Waals surface area contributed by atoms with Crippen molar-refractivity contribution in [2.75, 3.05) is 0 Å². The van der Waals surface area contributed by atoms with Crippen molar-refractivity contribution in [3.63, 3.8) is 0 Å². The zero-order valence-corrected chi connectivity index (χ0v) is 13.2. The molecule has 0 radical (unpaired) electrons. The number of nitrogens with zero attached hydrogens (tertiary/aromatic N) is 1. The van der Waals surface area contributed by atoms with Gasteiger partial charge >= 0.3 is 0 Å². The average Bonchev–Trinajstić information content (AvgIpc) is 2.86. The van der Waals surface area contributed by atoms with E-state index >= 15 is 0 Å². The van der Waals surface area contributed by atoms with Crippen molar-refractivity contribution in [1.82, 2.24) is 9.97 Å². The third kappa shape index (κ3) is 2.72. The highest BCUT2D eigenvalue weighted by Crippen LogP contribution is 2.28. The van der Waals surface area contributed by atoms with Crippen LogP contribution in [-0.4, -0.2) is 9.97 Å². The average molecular weight is 372 g/mol. The Morgan fingerprint density at radius 3 is 3.05 bits per heavy atom.